The van der Waals surface area contributed by atoms with Gasteiger partial charge in [0.25, 0.3) is 5.91 Å². The number of hydrogen-bond donors (Lipinski definition) is 1. The van der Waals surface area contributed by atoms with E-state index >= 15 is 0 Å². The summed E-state index contributed by atoms with van der Waals surface area (Å²) in [5, 5.41) is 7.05. The Bertz CT molecular complexity index is 916. The Morgan fingerprint density at radius 3 is 3.08 bits per heavy atom. The predicted octanol–water partition coefficient (Wildman–Crippen LogP) is 1.45. The third-order valence-electron chi connectivity index (χ3n) is 4.08. The second kappa shape index (κ2) is 6.21. The Morgan fingerprint density at radius 1 is 1.40 bits per heavy atom. The van der Waals surface area contributed by atoms with Crippen LogP contribution in [0.3, 0.4) is 0 Å². The number of oxazole rings is 1. The van der Waals surface area contributed by atoms with E-state index in [9.17, 15) is 4.79 Å². The summed E-state index contributed by atoms with van der Waals surface area (Å²) < 4.78 is 18.5. The van der Waals surface area contributed by atoms with Gasteiger partial charge in [0.1, 0.15) is 11.6 Å². The van der Waals surface area contributed by atoms with Crippen molar-refractivity contribution in [3.63, 3.8) is 0 Å². The first-order valence-electron chi connectivity index (χ1n) is 8.00. The fourth-order valence-electron chi connectivity index (χ4n) is 2.91. The molecule has 130 valence electrons. The van der Waals surface area contributed by atoms with E-state index in [1.807, 2.05) is 7.05 Å². The zero-order valence-corrected chi connectivity index (χ0v) is 13.9. The third kappa shape index (κ3) is 3.08. The molecule has 1 N–H and O–H groups in total. The molecule has 1 aromatic carbocycles. The van der Waals surface area contributed by atoms with Crippen molar-refractivity contribution in [2.24, 2.45) is 7.05 Å². The molecule has 0 aliphatic carbocycles. The normalized spacial score (nSPS) is 20.1. The molecule has 1 fully saturated rings. The second-order valence-electron chi connectivity index (χ2n) is 6.01. The molecule has 3 aromatic rings. The minimum Gasteiger partial charge on any atom is -0.482 e. The van der Waals surface area contributed by atoms with Gasteiger partial charge in [-0.3, -0.25) is 9.48 Å². The Morgan fingerprint density at radius 2 is 2.28 bits per heavy atom. The second-order valence-corrected chi connectivity index (χ2v) is 6.01. The molecule has 0 bridgehead atoms. The van der Waals surface area contributed by atoms with E-state index in [4.69, 9.17) is 13.9 Å². The van der Waals surface area contributed by atoms with Crippen molar-refractivity contribution in [1.82, 2.24) is 20.1 Å². The number of aromatic nitrogens is 3. The molecular weight excluding hydrogens is 324 g/mol. The molecule has 0 spiro atoms. The van der Waals surface area contributed by atoms with Crippen molar-refractivity contribution in [3.8, 4) is 5.75 Å². The van der Waals surface area contributed by atoms with Crippen LogP contribution in [-0.2, 0) is 11.8 Å². The van der Waals surface area contributed by atoms with Crippen LogP contribution < -0.4 is 10.1 Å². The fourth-order valence-corrected chi connectivity index (χ4v) is 2.91. The quantitative estimate of drug-likeness (QED) is 0.771. The SMILES string of the molecule is Cc1nc2c(C(=O)N[C@H]3COC[C@H]3Oc3cnn(C)c3)cccc2o1. The number of aryl methyl sites for hydroxylation is 2. The Kier molecular flexibility index (Phi) is 3.89. The van der Waals surface area contributed by atoms with E-state index in [0.29, 0.717) is 41.5 Å². The van der Waals surface area contributed by atoms with Crippen molar-refractivity contribution in [2.75, 3.05) is 13.2 Å². The van der Waals surface area contributed by atoms with Gasteiger partial charge in [0.15, 0.2) is 17.2 Å². The number of carbonyl (C=O) groups is 1. The Labute approximate surface area is 143 Å². The Balaban J connectivity index is 1.51. The number of benzene rings is 1. The molecular formula is C17H18N4O4. The van der Waals surface area contributed by atoms with Crippen molar-refractivity contribution < 1.29 is 18.7 Å². The van der Waals surface area contributed by atoms with Crippen LogP contribution in [0.15, 0.2) is 35.0 Å². The van der Waals surface area contributed by atoms with Gasteiger partial charge >= 0.3 is 0 Å². The lowest BCUT2D eigenvalue weighted by Gasteiger charge is -2.19. The van der Waals surface area contributed by atoms with Crippen LogP contribution in [0, 0.1) is 6.92 Å². The van der Waals surface area contributed by atoms with E-state index in [0.717, 1.165) is 0 Å². The first kappa shape index (κ1) is 15.6. The fraction of sp³-hybridized carbons (Fsp3) is 0.353. The van der Waals surface area contributed by atoms with Gasteiger partial charge in [-0.05, 0) is 12.1 Å². The predicted molar refractivity (Wildman–Crippen MR) is 88.4 cm³/mol. The van der Waals surface area contributed by atoms with Gasteiger partial charge in [-0.1, -0.05) is 6.07 Å². The van der Waals surface area contributed by atoms with Crippen molar-refractivity contribution >= 4 is 17.0 Å². The van der Waals surface area contributed by atoms with Gasteiger partial charge in [0, 0.05) is 14.0 Å². The van der Waals surface area contributed by atoms with E-state index in [1.54, 1.807) is 42.2 Å². The molecule has 1 amide bonds. The largest absolute Gasteiger partial charge is 0.482 e. The smallest absolute Gasteiger partial charge is 0.254 e. The van der Waals surface area contributed by atoms with Crippen molar-refractivity contribution in [1.29, 1.82) is 0 Å². The molecule has 1 aliphatic rings. The van der Waals surface area contributed by atoms with Crippen molar-refractivity contribution in [2.45, 2.75) is 19.1 Å². The van der Waals surface area contributed by atoms with Crippen LogP contribution in [0.5, 0.6) is 5.75 Å². The van der Waals surface area contributed by atoms with Gasteiger partial charge in [0.05, 0.1) is 37.2 Å². The Hall–Kier alpha value is -2.87. The molecule has 4 rings (SSSR count). The minimum absolute atomic E-state index is 0.228. The first-order valence-corrected chi connectivity index (χ1v) is 8.00. The summed E-state index contributed by atoms with van der Waals surface area (Å²) in [5.74, 6) is 0.943. The van der Waals surface area contributed by atoms with Gasteiger partial charge < -0.3 is 19.2 Å². The molecule has 0 saturated carbocycles. The maximum atomic E-state index is 12.7. The first-order chi connectivity index (χ1) is 12.1. The lowest BCUT2D eigenvalue weighted by molar-refractivity contribution is 0.0905. The molecule has 25 heavy (non-hydrogen) atoms. The average molecular weight is 342 g/mol. The molecule has 1 aliphatic heterocycles. The average Bonchev–Trinajstić information content (AvgIpc) is 3.27. The molecule has 1 saturated heterocycles. The number of para-hydroxylation sites is 1. The van der Waals surface area contributed by atoms with Crippen LogP contribution in [0.4, 0.5) is 0 Å². The van der Waals surface area contributed by atoms with Crippen LogP contribution in [0.25, 0.3) is 11.1 Å². The minimum atomic E-state index is -0.272. The number of amides is 1. The van der Waals surface area contributed by atoms with E-state index in [1.165, 1.54) is 0 Å². The van der Waals surface area contributed by atoms with Crippen LogP contribution in [0.2, 0.25) is 0 Å². The molecule has 3 heterocycles. The summed E-state index contributed by atoms with van der Waals surface area (Å²) in [6.07, 6.45) is 3.14. The van der Waals surface area contributed by atoms with Gasteiger partial charge in [-0.25, -0.2) is 4.98 Å². The van der Waals surface area contributed by atoms with Gasteiger partial charge in [-0.2, -0.15) is 5.10 Å². The maximum Gasteiger partial charge on any atom is 0.254 e. The topological polar surface area (TPSA) is 91.4 Å². The number of hydrogen-bond acceptors (Lipinski definition) is 6. The lowest BCUT2D eigenvalue weighted by Crippen LogP contribution is -2.45. The highest BCUT2D eigenvalue weighted by atomic mass is 16.5. The molecule has 8 nitrogen and oxygen atoms in total. The lowest BCUT2D eigenvalue weighted by atomic mass is 10.1. The van der Waals surface area contributed by atoms with E-state index < -0.39 is 0 Å². The highest BCUT2D eigenvalue weighted by Crippen LogP contribution is 2.21. The van der Waals surface area contributed by atoms with Crippen LogP contribution in [-0.4, -0.2) is 46.0 Å². The highest BCUT2D eigenvalue weighted by Gasteiger charge is 2.32. The zero-order valence-electron chi connectivity index (χ0n) is 13.9. The molecule has 0 unspecified atom stereocenters. The standard InChI is InChI=1S/C17H18N4O4/c1-10-19-16-12(4-3-5-14(16)24-10)17(22)20-13-8-23-9-15(13)25-11-6-18-21(2)7-11/h3-7,13,15H,8-9H2,1-2H3,(H,20,22)/t13-,15+/m0/s1. The van der Waals surface area contributed by atoms with E-state index in [-0.39, 0.29) is 18.1 Å². The number of nitrogens with zero attached hydrogens (tertiary/aromatic N) is 3. The number of carbonyl (C=O) groups excluding carboxylic acids is 1. The zero-order chi connectivity index (χ0) is 17.4. The summed E-state index contributed by atoms with van der Waals surface area (Å²) in [6.45, 7) is 2.56. The van der Waals surface area contributed by atoms with Crippen LogP contribution in [0.1, 0.15) is 16.2 Å². The maximum absolute atomic E-state index is 12.7. The number of fused-ring (bicyclic) bond motifs is 1. The molecule has 8 heteroatoms. The number of ether oxygens (including phenoxy) is 2. The van der Waals surface area contributed by atoms with Crippen molar-refractivity contribution in [3.05, 3.63) is 42.0 Å². The highest BCUT2D eigenvalue weighted by molar-refractivity contribution is 6.04. The molecule has 2 atom stereocenters. The molecule has 0 radical (unpaired) electrons. The summed E-state index contributed by atoms with van der Waals surface area (Å²) >= 11 is 0. The summed E-state index contributed by atoms with van der Waals surface area (Å²) in [4.78, 5) is 17.0. The number of rotatable bonds is 4. The summed E-state index contributed by atoms with van der Waals surface area (Å²) in [7, 11) is 1.82. The third-order valence-corrected chi connectivity index (χ3v) is 4.08. The molecule has 2 aromatic heterocycles. The van der Waals surface area contributed by atoms with Gasteiger partial charge in [-0.15, -0.1) is 0 Å². The summed E-state index contributed by atoms with van der Waals surface area (Å²) in [5.41, 5.74) is 1.62. The van der Waals surface area contributed by atoms with Crippen LogP contribution >= 0.6 is 0 Å². The summed E-state index contributed by atoms with van der Waals surface area (Å²) in [6, 6.07) is 5.04. The van der Waals surface area contributed by atoms with Gasteiger partial charge in [0.2, 0.25) is 0 Å². The number of nitrogens with one attached hydrogen (secondary N) is 1. The van der Waals surface area contributed by atoms with E-state index in [2.05, 4.69) is 15.4 Å². The monoisotopic (exact) mass is 342 g/mol.